The average Bonchev–Trinajstić information content (AvgIpc) is 2.91. The summed E-state index contributed by atoms with van der Waals surface area (Å²) in [6.45, 7) is 1.92. The van der Waals surface area contributed by atoms with E-state index in [9.17, 15) is 8.42 Å². The second-order valence-electron chi connectivity index (χ2n) is 7.78. The molecule has 0 aromatic carbocycles. The van der Waals surface area contributed by atoms with E-state index in [0.717, 1.165) is 74.4 Å². The fourth-order valence-electron chi connectivity index (χ4n) is 4.09. The maximum Gasteiger partial charge on any atom is 0.208 e. The van der Waals surface area contributed by atoms with Gasteiger partial charge >= 0.3 is 0 Å². The third-order valence-electron chi connectivity index (χ3n) is 5.46. The smallest absolute Gasteiger partial charge is 0.208 e. The number of rotatable bonds is 5. The summed E-state index contributed by atoms with van der Waals surface area (Å²) in [7, 11) is -3.14. The van der Waals surface area contributed by atoms with Crippen LogP contribution in [-0.2, 0) is 16.6 Å². The van der Waals surface area contributed by atoms with Crippen LogP contribution in [0.3, 0.4) is 0 Å². The molecule has 152 valence electrons. The summed E-state index contributed by atoms with van der Waals surface area (Å²) in [6.07, 6.45) is 10.8. The second kappa shape index (κ2) is 8.08. The van der Waals surface area contributed by atoms with Crippen molar-refractivity contribution >= 4 is 21.7 Å². The lowest BCUT2D eigenvalue weighted by molar-refractivity contribution is 0.387. The summed E-state index contributed by atoms with van der Waals surface area (Å²) < 4.78 is 27.6. The number of aromatic nitrogens is 3. The molecule has 3 heterocycles. The van der Waals surface area contributed by atoms with Crippen LogP contribution in [-0.4, -0.2) is 48.1 Å². The molecule has 28 heavy (non-hydrogen) atoms. The Balaban J connectivity index is 1.42. The van der Waals surface area contributed by atoms with E-state index in [1.54, 1.807) is 0 Å². The van der Waals surface area contributed by atoms with E-state index < -0.39 is 10.0 Å². The molecule has 0 atom stereocenters. The van der Waals surface area contributed by atoms with E-state index in [1.807, 2.05) is 23.1 Å². The molecule has 8 nitrogen and oxygen atoms in total. The van der Waals surface area contributed by atoms with E-state index in [0.29, 0.717) is 6.04 Å². The molecule has 1 saturated carbocycles. The Morgan fingerprint density at radius 1 is 1.18 bits per heavy atom. The van der Waals surface area contributed by atoms with Gasteiger partial charge in [0.2, 0.25) is 10.0 Å². The predicted octanol–water partition coefficient (Wildman–Crippen LogP) is 2.42. The van der Waals surface area contributed by atoms with Crippen LogP contribution in [0.2, 0.25) is 0 Å². The summed E-state index contributed by atoms with van der Waals surface area (Å²) in [5.74, 6) is 1.94. The molecule has 4 rings (SSSR count). The van der Waals surface area contributed by atoms with Gasteiger partial charge in [-0.2, -0.15) is 5.10 Å². The van der Waals surface area contributed by atoms with Gasteiger partial charge in [0, 0.05) is 36.9 Å². The number of nitrogens with one attached hydrogen (secondary N) is 3. The van der Waals surface area contributed by atoms with Crippen molar-refractivity contribution in [2.75, 3.05) is 23.4 Å². The van der Waals surface area contributed by atoms with Gasteiger partial charge < -0.3 is 10.6 Å². The number of hydrogen-bond acceptors (Lipinski definition) is 6. The minimum atomic E-state index is -3.14. The van der Waals surface area contributed by atoms with Crippen LogP contribution in [0.25, 0.3) is 11.1 Å². The Hall–Kier alpha value is -2.13. The van der Waals surface area contributed by atoms with Crippen molar-refractivity contribution in [1.29, 1.82) is 0 Å². The molecule has 0 spiro atoms. The Morgan fingerprint density at radius 3 is 2.75 bits per heavy atom. The highest BCUT2D eigenvalue weighted by Gasteiger charge is 2.23. The third kappa shape index (κ3) is 4.64. The van der Waals surface area contributed by atoms with E-state index in [4.69, 9.17) is 0 Å². The highest BCUT2D eigenvalue weighted by Crippen LogP contribution is 2.31. The fraction of sp³-hybridized carbons (Fsp3) is 0.579. The normalized spacial score (nSPS) is 22.8. The minimum absolute atomic E-state index is 0.0429. The largest absolute Gasteiger partial charge is 0.370 e. The molecule has 0 bridgehead atoms. The molecule has 1 aliphatic heterocycles. The maximum atomic E-state index is 11.4. The lowest BCUT2D eigenvalue weighted by Crippen LogP contribution is -2.39. The number of nitrogens with zero attached hydrogens (tertiary/aromatic N) is 3. The van der Waals surface area contributed by atoms with Gasteiger partial charge in [-0.25, -0.2) is 22.8 Å². The fourth-order valence-corrected chi connectivity index (χ4v) is 4.93. The molecule has 9 heteroatoms. The van der Waals surface area contributed by atoms with Gasteiger partial charge in [-0.05, 0) is 56.2 Å². The Labute approximate surface area is 166 Å². The molecule has 2 aliphatic rings. The number of anilines is 2. The van der Waals surface area contributed by atoms with Gasteiger partial charge in [0.15, 0.2) is 0 Å². The quantitative estimate of drug-likeness (QED) is 0.708. The maximum absolute atomic E-state index is 11.4. The first kappa shape index (κ1) is 19.2. The molecular formula is C19H28N6O2S. The zero-order valence-electron chi connectivity index (χ0n) is 16.2. The van der Waals surface area contributed by atoms with E-state index in [2.05, 4.69) is 31.5 Å². The van der Waals surface area contributed by atoms with Crippen LogP contribution < -0.4 is 15.4 Å². The van der Waals surface area contributed by atoms with Crippen molar-refractivity contribution in [1.82, 2.24) is 19.5 Å². The number of fused-ring (bicyclic) bond motifs is 1. The van der Waals surface area contributed by atoms with Crippen LogP contribution in [0.15, 0.2) is 24.5 Å². The van der Waals surface area contributed by atoms with Crippen molar-refractivity contribution < 1.29 is 8.42 Å². The predicted molar refractivity (Wildman–Crippen MR) is 111 cm³/mol. The first-order chi connectivity index (χ1) is 13.5. The number of sulfonamides is 1. The molecule has 1 fully saturated rings. The first-order valence-electron chi connectivity index (χ1n) is 9.98. The molecule has 3 N–H and O–H groups in total. The lowest BCUT2D eigenvalue weighted by Gasteiger charge is -2.29. The Kier molecular flexibility index (Phi) is 5.54. The molecule has 1 aliphatic carbocycles. The van der Waals surface area contributed by atoms with E-state index in [1.165, 1.54) is 6.26 Å². The summed E-state index contributed by atoms with van der Waals surface area (Å²) in [5.41, 5.74) is 2.20. The topological polar surface area (TPSA) is 101 Å². The van der Waals surface area contributed by atoms with Crippen LogP contribution in [0.4, 0.5) is 11.6 Å². The zero-order chi connectivity index (χ0) is 19.6. The molecule has 0 radical (unpaired) electrons. The highest BCUT2D eigenvalue weighted by molar-refractivity contribution is 7.88. The molecule has 0 amide bonds. The summed E-state index contributed by atoms with van der Waals surface area (Å²) in [6, 6.07) is 4.44. The Morgan fingerprint density at radius 2 is 1.96 bits per heavy atom. The number of pyridine rings is 1. The highest BCUT2D eigenvalue weighted by atomic mass is 32.2. The van der Waals surface area contributed by atoms with Crippen molar-refractivity contribution in [2.24, 2.45) is 0 Å². The van der Waals surface area contributed by atoms with Gasteiger partial charge in [0.1, 0.15) is 11.6 Å². The van der Waals surface area contributed by atoms with E-state index >= 15 is 0 Å². The van der Waals surface area contributed by atoms with Crippen LogP contribution in [0.5, 0.6) is 0 Å². The molecule has 2 aromatic rings. The van der Waals surface area contributed by atoms with Gasteiger partial charge in [0.05, 0.1) is 12.5 Å². The van der Waals surface area contributed by atoms with Gasteiger partial charge in [-0.3, -0.25) is 0 Å². The Bertz CT molecular complexity index is 918. The van der Waals surface area contributed by atoms with Crippen LogP contribution in [0, 0.1) is 0 Å². The number of aryl methyl sites for hydroxylation is 1. The van der Waals surface area contributed by atoms with Crippen molar-refractivity contribution in [3.8, 4) is 11.1 Å². The molecule has 2 aromatic heterocycles. The molecular weight excluding hydrogens is 376 g/mol. The zero-order valence-corrected chi connectivity index (χ0v) is 17.0. The lowest BCUT2D eigenvalue weighted by atomic mass is 9.92. The second-order valence-corrected chi connectivity index (χ2v) is 9.56. The molecule has 0 unspecified atom stereocenters. The van der Waals surface area contributed by atoms with Gasteiger partial charge in [-0.15, -0.1) is 0 Å². The van der Waals surface area contributed by atoms with Crippen molar-refractivity contribution in [3.63, 3.8) is 0 Å². The third-order valence-corrected chi connectivity index (χ3v) is 6.22. The molecule has 0 saturated heterocycles. The van der Waals surface area contributed by atoms with Crippen molar-refractivity contribution in [2.45, 2.75) is 57.2 Å². The van der Waals surface area contributed by atoms with Gasteiger partial charge in [-0.1, -0.05) is 0 Å². The van der Waals surface area contributed by atoms with E-state index in [-0.39, 0.29) is 6.04 Å². The SMILES string of the molecule is CS(=O)(=O)N[C@H]1CC[C@H](Nc2cc(-c3cnn4c3NCCCC4)ccn2)CC1. The monoisotopic (exact) mass is 404 g/mol. The summed E-state index contributed by atoms with van der Waals surface area (Å²) >= 11 is 0. The average molecular weight is 405 g/mol. The van der Waals surface area contributed by atoms with Crippen LogP contribution in [0.1, 0.15) is 38.5 Å². The summed E-state index contributed by atoms with van der Waals surface area (Å²) in [4.78, 5) is 4.48. The van der Waals surface area contributed by atoms with Crippen LogP contribution >= 0.6 is 0 Å². The minimum Gasteiger partial charge on any atom is -0.370 e. The summed E-state index contributed by atoms with van der Waals surface area (Å²) in [5, 5.41) is 11.6. The number of hydrogen-bond donors (Lipinski definition) is 3. The van der Waals surface area contributed by atoms with Gasteiger partial charge in [0.25, 0.3) is 0 Å². The standard InChI is InChI=1S/C19H28N6O2S/c1-28(26,27)24-16-6-4-15(5-7-16)23-18-12-14(8-10-20-18)17-13-22-25-11-3-2-9-21-19(17)25/h8,10,12-13,15-16,21,24H,2-7,9,11H2,1H3,(H,20,23)/t15-,16-. The van der Waals surface area contributed by atoms with Crippen molar-refractivity contribution in [3.05, 3.63) is 24.5 Å². The first-order valence-corrected chi connectivity index (χ1v) is 11.9.